The Morgan fingerprint density at radius 2 is 1.62 bits per heavy atom. The summed E-state index contributed by atoms with van der Waals surface area (Å²) in [6, 6.07) is 9.96. The lowest BCUT2D eigenvalue weighted by Gasteiger charge is -2.26. The van der Waals surface area contributed by atoms with Gasteiger partial charge in [-0.15, -0.1) is 0 Å². The topological polar surface area (TPSA) is 136 Å². The number of hydrogen-bond acceptors (Lipinski definition) is 6. The predicted molar refractivity (Wildman–Crippen MR) is 119 cm³/mol. The van der Waals surface area contributed by atoms with Gasteiger partial charge < -0.3 is 10.1 Å². The maximum atomic E-state index is 12.7. The Kier molecular flexibility index (Phi) is 7.78. The van der Waals surface area contributed by atoms with Crippen molar-refractivity contribution < 1.29 is 26.4 Å². The zero-order valence-electron chi connectivity index (χ0n) is 17.2. The Morgan fingerprint density at radius 1 is 1.00 bits per heavy atom. The zero-order valence-corrected chi connectivity index (χ0v) is 19.5. The molecule has 0 unspecified atom stereocenters. The molecule has 0 atom stereocenters. The molecule has 2 aromatic carbocycles. The van der Waals surface area contributed by atoms with E-state index in [0.29, 0.717) is 18.7 Å². The molecular formula is C20H24ClN3O6S2. The van der Waals surface area contributed by atoms with Crippen LogP contribution >= 0.6 is 11.6 Å². The second kappa shape index (κ2) is 10.2. The van der Waals surface area contributed by atoms with Crippen molar-refractivity contribution >= 4 is 37.6 Å². The number of halogens is 1. The van der Waals surface area contributed by atoms with Gasteiger partial charge in [0.25, 0.3) is 5.91 Å². The molecule has 2 aromatic rings. The lowest BCUT2D eigenvalue weighted by molar-refractivity contribution is -0.123. The van der Waals surface area contributed by atoms with E-state index in [-0.39, 0.29) is 33.7 Å². The summed E-state index contributed by atoms with van der Waals surface area (Å²) in [5.41, 5.74) is 0.677. The number of rotatable bonds is 8. The Morgan fingerprint density at radius 3 is 2.22 bits per heavy atom. The Balaban J connectivity index is 1.54. The van der Waals surface area contributed by atoms with Crippen LogP contribution in [0.4, 0.5) is 0 Å². The third-order valence-corrected chi connectivity index (χ3v) is 8.08. The normalized spacial score (nSPS) is 15.3. The fraction of sp³-hybridized carbons (Fsp3) is 0.350. The minimum Gasteiger partial charge on any atom is -0.482 e. The standard InChI is InChI=1S/C20H24ClN3O6S2/c21-18-12-17(32(28,29)24-10-2-1-3-11-24)8-9-19(18)30-14-20(25)23-13-15-4-6-16(7-5-15)31(22,26)27/h4-9,12H,1-3,10-11,13-14H2,(H,23,25)(H2,22,26,27). The molecule has 174 valence electrons. The molecule has 32 heavy (non-hydrogen) atoms. The highest BCUT2D eigenvalue weighted by molar-refractivity contribution is 7.89. The average molecular weight is 502 g/mol. The monoisotopic (exact) mass is 501 g/mol. The molecule has 1 amide bonds. The van der Waals surface area contributed by atoms with Gasteiger partial charge in [-0.3, -0.25) is 4.79 Å². The van der Waals surface area contributed by atoms with E-state index in [2.05, 4.69) is 5.32 Å². The SMILES string of the molecule is NS(=O)(=O)c1ccc(CNC(=O)COc2ccc(S(=O)(=O)N3CCCCC3)cc2Cl)cc1. The fourth-order valence-electron chi connectivity index (χ4n) is 3.21. The van der Waals surface area contributed by atoms with Crippen LogP contribution in [0.1, 0.15) is 24.8 Å². The van der Waals surface area contributed by atoms with E-state index in [9.17, 15) is 21.6 Å². The van der Waals surface area contributed by atoms with Crippen molar-refractivity contribution in [1.82, 2.24) is 9.62 Å². The fourth-order valence-corrected chi connectivity index (χ4v) is 5.56. The van der Waals surface area contributed by atoms with E-state index in [1.807, 2.05) is 0 Å². The molecule has 0 radical (unpaired) electrons. The van der Waals surface area contributed by atoms with Crippen LogP contribution < -0.4 is 15.2 Å². The van der Waals surface area contributed by atoms with Crippen molar-refractivity contribution in [1.29, 1.82) is 0 Å². The number of piperidine rings is 1. The maximum absolute atomic E-state index is 12.7. The Hall–Kier alpha value is -2.18. The van der Waals surface area contributed by atoms with Crippen LogP contribution in [-0.2, 0) is 31.4 Å². The zero-order chi connectivity index (χ0) is 23.4. The van der Waals surface area contributed by atoms with Gasteiger partial charge in [-0.1, -0.05) is 30.2 Å². The van der Waals surface area contributed by atoms with Gasteiger partial charge in [-0.2, -0.15) is 4.31 Å². The smallest absolute Gasteiger partial charge is 0.258 e. The average Bonchev–Trinajstić information content (AvgIpc) is 2.77. The van der Waals surface area contributed by atoms with Crippen LogP contribution in [0.3, 0.4) is 0 Å². The number of benzene rings is 2. The molecule has 0 spiro atoms. The molecule has 1 heterocycles. The van der Waals surface area contributed by atoms with Gasteiger partial charge in [-0.25, -0.2) is 22.0 Å². The van der Waals surface area contributed by atoms with Gasteiger partial charge in [0, 0.05) is 19.6 Å². The highest BCUT2D eigenvalue weighted by Gasteiger charge is 2.26. The minimum absolute atomic E-state index is 0.0173. The first-order valence-corrected chi connectivity index (χ1v) is 13.2. The third kappa shape index (κ3) is 6.20. The quantitative estimate of drug-likeness (QED) is 0.566. The first kappa shape index (κ1) is 24.5. The molecule has 12 heteroatoms. The molecule has 1 aliphatic heterocycles. The number of hydrogen-bond donors (Lipinski definition) is 2. The Labute approximate surface area is 192 Å². The summed E-state index contributed by atoms with van der Waals surface area (Å²) in [7, 11) is -7.39. The number of carbonyl (C=O) groups excluding carboxylic acids is 1. The molecule has 0 saturated carbocycles. The van der Waals surface area contributed by atoms with E-state index < -0.39 is 26.0 Å². The summed E-state index contributed by atoms with van der Waals surface area (Å²) in [4.78, 5) is 12.1. The second-order valence-corrected chi connectivity index (χ2v) is 11.2. The molecule has 1 aliphatic rings. The van der Waals surface area contributed by atoms with Crippen LogP contribution in [0.2, 0.25) is 5.02 Å². The minimum atomic E-state index is -3.77. The Bertz CT molecular complexity index is 1180. The largest absolute Gasteiger partial charge is 0.482 e. The van der Waals surface area contributed by atoms with Crippen molar-refractivity contribution in [3.8, 4) is 5.75 Å². The molecule has 9 nitrogen and oxygen atoms in total. The molecule has 1 saturated heterocycles. The van der Waals surface area contributed by atoms with E-state index in [1.165, 1.54) is 34.6 Å². The van der Waals surface area contributed by atoms with Crippen LogP contribution in [-0.4, -0.2) is 46.7 Å². The number of nitrogens with one attached hydrogen (secondary N) is 1. The summed E-state index contributed by atoms with van der Waals surface area (Å²) in [5, 5.41) is 7.77. The molecule has 3 rings (SSSR count). The van der Waals surface area contributed by atoms with Crippen molar-refractivity contribution in [3.63, 3.8) is 0 Å². The summed E-state index contributed by atoms with van der Waals surface area (Å²) in [5.74, 6) is -0.237. The number of sulfonamides is 2. The third-order valence-electron chi connectivity index (χ3n) is 4.96. The van der Waals surface area contributed by atoms with Crippen molar-refractivity contribution in [2.24, 2.45) is 5.14 Å². The van der Waals surface area contributed by atoms with Crippen LogP contribution in [0.15, 0.2) is 52.3 Å². The maximum Gasteiger partial charge on any atom is 0.258 e. The summed E-state index contributed by atoms with van der Waals surface area (Å²) >= 11 is 6.18. The van der Waals surface area contributed by atoms with Crippen LogP contribution in [0.25, 0.3) is 0 Å². The van der Waals surface area contributed by atoms with Gasteiger partial charge in [0.05, 0.1) is 14.8 Å². The molecule has 0 aromatic heterocycles. The van der Waals surface area contributed by atoms with Crippen LogP contribution in [0.5, 0.6) is 5.75 Å². The number of amides is 1. The number of ether oxygens (including phenoxy) is 1. The van der Waals surface area contributed by atoms with E-state index in [1.54, 1.807) is 12.1 Å². The summed E-state index contributed by atoms with van der Waals surface area (Å²) in [6.07, 6.45) is 2.68. The van der Waals surface area contributed by atoms with Gasteiger partial charge >= 0.3 is 0 Å². The number of nitrogens with zero attached hydrogens (tertiary/aromatic N) is 1. The highest BCUT2D eigenvalue weighted by Crippen LogP contribution is 2.29. The van der Waals surface area contributed by atoms with Crippen molar-refractivity contribution in [2.45, 2.75) is 35.6 Å². The molecule has 0 aliphatic carbocycles. The van der Waals surface area contributed by atoms with Gasteiger partial charge in [0.15, 0.2) is 6.61 Å². The molecular weight excluding hydrogens is 478 g/mol. The predicted octanol–water partition coefficient (Wildman–Crippen LogP) is 1.86. The van der Waals surface area contributed by atoms with E-state index in [4.69, 9.17) is 21.5 Å². The van der Waals surface area contributed by atoms with Gasteiger partial charge in [-0.05, 0) is 48.7 Å². The van der Waals surface area contributed by atoms with Gasteiger partial charge in [0.2, 0.25) is 20.0 Å². The van der Waals surface area contributed by atoms with E-state index >= 15 is 0 Å². The number of carbonyl (C=O) groups is 1. The number of primary sulfonamides is 1. The summed E-state index contributed by atoms with van der Waals surface area (Å²) in [6.45, 7) is 0.813. The highest BCUT2D eigenvalue weighted by atomic mass is 35.5. The first-order chi connectivity index (χ1) is 15.1. The lowest BCUT2D eigenvalue weighted by Crippen LogP contribution is -2.35. The molecule has 0 bridgehead atoms. The molecule has 1 fully saturated rings. The van der Waals surface area contributed by atoms with Crippen molar-refractivity contribution in [3.05, 3.63) is 53.1 Å². The molecule has 3 N–H and O–H groups in total. The summed E-state index contributed by atoms with van der Waals surface area (Å²) < 4.78 is 54.9. The second-order valence-electron chi connectivity index (χ2n) is 7.31. The van der Waals surface area contributed by atoms with E-state index in [0.717, 1.165) is 19.3 Å². The first-order valence-electron chi connectivity index (χ1n) is 9.88. The van der Waals surface area contributed by atoms with Gasteiger partial charge in [0.1, 0.15) is 5.75 Å². The number of nitrogens with two attached hydrogens (primary N) is 1. The van der Waals surface area contributed by atoms with Crippen molar-refractivity contribution in [2.75, 3.05) is 19.7 Å². The van der Waals surface area contributed by atoms with Crippen LogP contribution in [0, 0.1) is 0 Å². The lowest BCUT2D eigenvalue weighted by atomic mass is 10.2.